The summed E-state index contributed by atoms with van der Waals surface area (Å²) in [6.45, 7) is 0. The molecule has 2 aromatic carbocycles. The molecule has 8 nitrogen and oxygen atoms in total. The molecule has 1 heterocycles. The summed E-state index contributed by atoms with van der Waals surface area (Å²) in [6, 6.07) is 10.6. The SMILES string of the molecule is COc1cc(F)c(-c2ccc(CCC(=O)O)nc2)cc1C(=O)NC1C2CCC(C2)C1C(=O)Nc1cccc(SC(F)(F)F)c1. The number of halogens is 4. The molecule has 3 aromatic rings. The number of nitrogens with one attached hydrogen (secondary N) is 2. The minimum absolute atomic E-state index is 0.00192. The number of benzene rings is 2. The van der Waals surface area contributed by atoms with Gasteiger partial charge in [-0.1, -0.05) is 12.1 Å². The van der Waals surface area contributed by atoms with E-state index in [-0.39, 0.29) is 63.9 Å². The zero-order valence-electron chi connectivity index (χ0n) is 23.5. The normalized spacial score (nSPS) is 20.8. The molecule has 4 atom stereocenters. The van der Waals surface area contributed by atoms with E-state index in [2.05, 4.69) is 15.6 Å². The zero-order chi connectivity index (χ0) is 31.6. The fourth-order valence-corrected chi connectivity index (χ4v) is 6.79. The Kier molecular flexibility index (Phi) is 9.14. The van der Waals surface area contributed by atoms with Crippen LogP contribution in [0, 0.1) is 23.6 Å². The lowest BCUT2D eigenvalue weighted by molar-refractivity contribution is -0.137. The van der Waals surface area contributed by atoms with Crippen LogP contribution in [0.4, 0.5) is 23.2 Å². The van der Waals surface area contributed by atoms with Crippen LogP contribution in [0.15, 0.2) is 59.6 Å². The van der Waals surface area contributed by atoms with Crippen molar-refractivity contribution >= 4 is 35.2 Å². The number of rotatable bonds is 10. The van der Waals surface area contributed by atoms with E-state index in [1.54, 1.807) is 12.1 Å². The number of hydrogen-bond donors (Lipinski definition) is 3. The standard InChI is InChI=1S/C31H29F4N3O5S/c1-43-25-14-24(32)22(18-7-8-19(36-15-18)9-10-26(39)40)13-23(25)29(41)38-28-17-6-5-16(11-17)27(28)30(42)37-20-3-2-4-21(12-20)44-31(33,34)35/h2-4,7-8,12-17,27-28H,5-6,9-11H2,1H3,(H,37,42)(H,38,41)(H,39,40). The second-order valence-corrected chi connectivity index (χ2v) is 12.0. The minimum Gasteiger partial charge on any atom is -0.496 e. The number of alkyl halides is 3. The zero-order valence-corrected chi connectivity index (χ0v) is 24.3. The third-order valence-electron chi connectivity index (χ3n) is 8.12. The van der Waals surface area contributed by atoms with Crippen LogP contribution < -0.4 is 15.4 Å². The smallest absolute Gasteiger partial charge is 0.446 e. The van der Waals surface area contributed by atoms with E-state index >= 15 is 4.39 Å². The Hall–Kier alpha value is -4.13. The highest BCUT2D eigenvalue weighted by Crippen LogP contribution is 2.49. The Balaban J connectivity index is 1.35. The number of fused-ring (bicyclic) bond motifs is 2. The number of amides is 2. The molecule has 232 valence electrons. The Morgan fingerprint density at radius 3 is 2.55 bits per heavy atom. The van der Waals surface area contributed by atoms with Gasteiger partial charge in [0, 0.05) is 52.1 Å². The van der Waals surface area contributed by atoms with Crippen LogP contribution in [-0.4, -0.2) is 46.5 Å². The molecule has 0 spiro atoms. The summed E-state index contributed by atoms with van der Waals surface area (Å²) >= 11 is -0.272. The van der Waals surface area contributed by atoms with E-state index in [0.29, 0.717) is 11.3 Å². The van der Waals surface area contributed by atoms with E-state index in [4.69, 9.17) is 9.84 Å². The van der Waals surface area contributed by atoms with E-state index < -0.39 is 41.1 Å². The molecular weight excluding hydrogens is 602 g/mol. The molecule has 44 heavy (non-hydrogen) atoms. The molecular formula is C31H29F4N3O5S. The largest absolute Gasteiger partial charge is 0.496 e. The highest BCUT2D eigenvalue weighted by molar-refractivity contribution is 8.00. The summed E-state index contributed by atoms with van der Waals surface area (Å²) in [5.74, 6) is -3.15. The first-order valence-corrected chi connectivity index (χ1v) is 14.8. The number of anilines is 1. The topological polar surface area (TPSA) is 118 Å². The van der Waals surface area contributed by atoms with Crippen molar-refractivity contribution in [2.24, 2.45) is 17.8 Å². The van der Waals surface area contributed by atoms with Crippen LogP contribution in [0.25, 0.3) is 11.1 Å². The number of pyridine rings is 1. The Bertz CT molecular complexity index is 1570. The number of thioether (sulfide) groups is 1. The second-order valence-electron chi connectivity index (χ2n) is 10.9. The number of carbonyl (C=O) groups excluding carboxylic acids is 2. The molecule has 2 amide bonds. The minimum atomic E-state index is -4.47. The molecule has 4 unspecified atom stereocenters. The van der Waals surface area contributed by atoms with Crippen molar-refractivity contribution in [2.75, 3.05) is 12.4 Å². The van der Waals surface area contributed by atoms with Crippen molar-refractivity contribution in [1.82, 2.24) is 10.3 Å². The van der Waals surface area contributed by atoms with E-state index in [1.165, 1.54) is 43.6 Å². The molecule has 2 fully saturated rings. The first-order chi connectivity index (χ1) is 20.9. The quantitative estimate of drug-likeness (QED) is 0.177. The summed E-state index contributed by atoms with van der Waals surface area (Å²) in [6.07, 6.45) is 3.84. The molecule has 2 aliphatic rings. The Labute approximate surface area is 254 Å². The fourth-order valence-electron chi connectivity index (χ4n) is 6.19. The number of aliphatic carboxylic acids is 1. The predicted octanol–water partition coefficient (Wildman–Crippen LogP) is 6.31. The van der Waals surface area contributed by atoms with Crippen LogP contribution in [0.5, 0.6) is 5.75 Å². The summed E-state index contributed by atoms with van der Waals surface area (Å²) in [4.78, 5) is 42.1. The average molecular weight is 632 g/mol. The number of hydrogen-bond acceptors (Lipinski definition) is 6. The lowest BCUT2D eigenvalue weighted by Crippen LogP contribution is -2.48. The maximum absolute atomic E-state index is 15.1. The number of nitrogens with zero attached hydrogens (tertiary/aromatic N) is 1. The summed E-state index contributed by atoms with van der Waals surface area (Å²) in [5.41, 5.74) is -3.20. The summed E-state index contributed by atoms with van der Waals surface area (Å²) in [7, 11) is 1.31. The lowest BCUT2D eigenvalue weighted by Gasteiger charge is -2.31. The van der Waals surface area contributed by atoms with Crippen molar-refractivity contribution in [3.63, 3.8) is 0 Å². The molecule has 0 aliphatic heterocycles. The molecule has 3 N–H and O–H groups in total. The van der Waals surface area contributed by atoms with Gasteiger partial charge in [0.1, 0.15) is 11.6 Å². The highest BCUT2D eigenvalue weighted by Gasteiger charge is 2.51. The van der Waals surface area contributed by atoms with E-state index in [1.807, 2.05) is 0 Å². The van der Waals surface area contributed by atoms with E-state index in [9.17, 15) is 27.6 Å². The molecule has 0 radical (unpaired) electrons. The first-order valence-electron chi connectivity index (χ1n) is 13.9. The molecule has 2 aliphatic carbocycles. The maximum Gasteiger partial charge on any atom is 0.446 e. The number of ether oxygens (including phenoxy) is 1. The fraction of sp³-hybridized carbons (Fsp3) is 0.355. The Morgan fingerprint density at radius 2 is 1.86 bits per heavy atom. The third kappa shape index (κ3) is 7.15. The van der Waals surface area contributed by atoms with Crippen molar-refractivity contribution in [2.45, 2.75) is 48.5 Å². The first kappa shape index (κ1) is 31.3. The van der Waals surface area contributed by atoms with E-state index in [0.717, 1.165) is 25.3 Å². The van der Waals surface area contributed by atoms with Gasteiger partial charge >= 0.3 is 11.5 Å². The Morgan fingerprint density at radius 1 is 1.09 bits per heavy atom. The molecule has 5 rings (SSSR count). The monoisotopic (exact) mass is 631 g/mol. The van der Waals surface area contributed by atoms with Gasteiger partial charge in [0.2, 0.25) is 5.91 Å². The summed E-state index contributed by atoms with van der Waals surface area (Å²) in [5, 5.41) is 14.6. The predicted molar refractivity (Wildman–Crippen MR) is 155 cm³/mol. The third-order valence-corrected chi connectivity index (χ3v) is 8.84. The van der Waals surface area contributed by atoms with Gasteiger partial charge in [-0.2, -0.15) is 13.2 Å². The molecule has 2 bridgehead atoms. The lowest BCUT2D eigenvalue weighted by atomic mass is 9.83. The van der Waals surface area contributed by atoms with Gasteiger partial charge in [0.15, 0.2) is 0 Å². The van der Waals surface area contributed by atoms with Gasteiger partial charge in [-0.25, -0.2) is 4.39 Å². The van der Waals surface area contributed by atoms with Crippen LogP contribution in [0.3, 0.4) is 0 Å². The second kappa shape index (κ2) is 12.8. The van der Waals surface area contributed by atoms with Crippen molar-refractivity contribution in [3.05, 3.63) is 71.8 Å². The van der Waals surface area contributed by atoms with Gasteiger partial charge in [0.05, 0.1) is 25.0 Å². The van der Waals surface area contributed by atoms with Gasteiger partial charge in [-0.3, -0.25) is 19.4 Å². The molecule has 0 saturated heterocycles. The number of carbonyl (C=O) groups is 3. The molecule has 2 saturated carbocycles. The van der Waals surface area contributed by atoms with Crippen molar-refractivity contribution < 1.29 is 41.8 Å². The summed E-state index contributed by atoms with van der Waals surface area (Å²) < 4.78 is 59.0. The van der Waals surface area contributed by atoms with Crippen molar-refractivity contribution in [3.8, 4) is 16.9 Å². The average Bonchev–Trinajstić information content (AvgIpc) is 3.57. The van der Waals surface area contributed by atoms with Crippen LogP contribution >= 0.6 is 11.8 Å². The van der Waals surface area contributed by atoms with Gasteiger partial charge in [-0.15, -0.1) is 0 Å². The van der Waals surface area contributed by atoms with Crippen LogP contribution in [0.2, 0.25) is 0 Å². The number of carboxylic acids is 1. The van der Waals surface area contributed by atoms with Gasteiger partial charge in [-0.05, 0) is 73.2 Å². The number of carboxylic acid groups (broad SMARTS) is 1. The van der Waals surface area contributed by atoms with Crippen molar-refractivity contribution in [1.29, 1.82) is 0 Å². The molecule has 13 heteroatoms. The van der Waals surface area contributed by atoms with Gasteiger partial charge < -0.3 is 20.5 Å². The van der Waals surface area contributed by atoms with Crippen LogP contribution in [0.1, 0.15) is 41.7 Å². The number of aryl methyl sites for hydroxylation is 1. The highest BCUT2D eigenvalue weighted by atomic mass is 32.2. The van der Waals surface area contributed by atoms with Crippen LogP contribution in [-0.2, 0) is 16.0 Å². The number of methoxy groups -OCH3 is 1. The van der Waals surface area contributed by atoms with Gasteiger partial charge in [0.25, 0.3) is 5.91 Å². The maximum atomic E-state index is 15.1. The molecule has 1 aromatic heterocycles. The number of aromatic nitrogens is 1.